The summed E-state index contributed by atoms with van der Waals surface area (Å²) in [6.07, 6.45) is -0.442. The van der Waals surface area contributed by atoms with Crippen LogP contribution in [0.2, 0.25) is 0 Å². The predicted molar refractivity (Wildman–Crippen MR) is 83.4 cm³/mol. The van der Waals surface area contributed by atoms with Crippen LogP contribution in [0.3, 0.4) is 0 Å². The molecule has 0 unspecified atom stereocenters. The SMILES string of the molecule is CC(C)N(Cc1ccccc1)C[C@H](O)c1ccccc1. The Morgan fingerprint density at radius 2 is 1.45 bits per heavy atom. The Bertz CT molecular complexity index is 495. The van der Waals surface area contributed by atoms with Crippen LogP contribution in [0.4, 0.5) is 0 Å². The van der Waals surface area contributed by atoms with Crippen molar-refractivity contribution in [1.29, 1.82) is 0 Å². The van der Waals surface area contributed by atoms with E-state index in [0.717, 1.165) is 12.1 Å². The average molecular weight is 269 g/mol. The number of nitrogens with zero attached hydrogens (tertiary/aromatic N) is 1. The molecule has 0 aliphatic rings. The molecule has 0 bridgehead atoms. The first-order valence-electron chi connectivity index (χ1n) is 7.18. The fraction of sp³-hybridized carbons (Fsp3) is 0.333. The van der Waals surface area contributed by atoms with Crippen molar-refractivity contribution in [2.24, 2.45) is 0 Å². The molecule has 2 heteroatoms. The molecule has 0 radical (unpaired) electrons. The Morgan fingerprint density at radius 3 is 2.00 bits per heavy atom. The first-order chi connectivity index (χ1) is 9.66. The van der Waals surface area contributed by atoms with E-state index in [0.29, 0.717) is 12.6 Å². The third kappa shape index (κ3) is 4.19. The van der Waals surface area contributed by atoms with Crippen LogP contribution in [0.25, 0.3) is 0 Å². The molecule has 0 fully saturated rings. The molecular formula is C18H23NO. The zero-order valence-corrected chi connectivity index (χ0v) is 12.2. The second-order valence-corrected chi connectivity index (χ2v) is 5.44. The van der Waals surface area contributed by atoms with Gasteiger partial charge in [-0.25, -0.2) is 0 Å². The second kappa shape index (κ2) is 7.22. The Kier molecular flexibility index (Phi) is 5.33. The normalized spacial score (nSPS) is 12.8. The minimum atomic E-state index is -0.442. The van der Waals surface area contributed by atoms with Crippen LogP contribution < -0.4 is 0 Å². The van der Waals surface area contributed by atoms with E-state index in [1.54, 1.807) is 0 Å². The molecule has 2 aromatic carbocycles. The van der Waals surface area contributed by atoms with Crippen LogP contribution in [0, 0.1) is 0 Å². The molecule has 0 saturated heterocycles. The first kappa shape index (κ1) is 14.8. The van der Waals surface area contributed by atoms with E-state index in [9.17, 15) is 5.11 Å². The number of hydrogen-bond acceptors (Lipinski definition) is 2. The van der Waals surface area contributed by atoms with E-state index < -0.39 is 6.10 Å². The lowest BCUT2D eigenvalue weighted by atomic mass is 10.1. The summed E-state index contributed by atoms with van der Waals surface area (Å²) in [5.41, 5.74) is 2.26. The third-order valence-corrected chi connectivity index (χ3v) is 3.55. The highest BCUT2D eigenvalue weighted by Crippen LogP contribution is 2.17. The van der Waals surface area contributed by atoms with Gasteiger partial charge in [-0.2, -0.15) is 0 Å². The molecule has 0 aliphatic carbocycles. The van der Waals surface area contributed by atoms with Crippen molar-refractivity contribution >= 4 is 0 Å². The van der Waals surface area contributed by atoms with E-state index in [-0.39, 0.29) is 0 Å². The largest absolute Gasteiger partial charge is 0.387 e. The molecule has 0 aromatic heterocycles. The lowest BCUT2D eigenvalue weighted by molar-refractivity contribution is 0.0908. The monoisotopic (exact) mass is 269 g/mol. The van der Waals surface area contributed by atoms with Gasteiger partial charge in [0.15, 0.2) is 0 Å². The van der Waals surface area contributed by atoms with Gasteiger partial charge in [-0.15, -0.1) is 0 Å². The number of benzene rings is 2. The highest BCUT2D eigenvalue weighted by molar-refractivity contribution is 5.18. The van der Waals surface area contributed by atoms with Crippen LogP contribution in [0.5, 0.6) is 0 Å². The molecule has 0 amide bonds. The van der Waals surface area contributed by atoms with Gasteiger partial charge in [0.1, 0.15) is 0 Å². The van der Waals surface area contributed by atoms with Crippen LogP contribution >= 0.6 is 0 Å². The number of aliphatic hydroxyl groups is 1. The molecule has 20 heavy (non-hydrogen) atoms. The van der Waals surface area contributed by atoms with Gasteiger partial charge in [0.2, 0.25) is 0 Å². The summed E-state index contributed by atoms with van der Waals surface area (Å²) in [7, 11) is 0. The molecule has 2 nitrogen and oxygen atoms in total. The molecule has 1 atom stereocenters. The standard InChI is InChI=1S/C18H23NO/c1-15(2)19(13-16-9-5-3-6-10-16)14-18(20)17-11-7-4-8-12-17/h3-12,15,18,20H,13-14H2,1-2H3/t18-/m0/s1. The number of aliphatic hydroxyl groups excluding tert-OH is 1. The highest BCUT2D eigenvalue weighted by atomic mass is 16.3. The van der Waals surface area contributed by atoms with Crippen molar-refractivity contribution in [3.8, 4) is 0 Å². The average Bonchev–Trinajstić information content (AvgIpc) is 2.48. The number of rotatable bonds is 6. The molecule has 0 heterocycles. The minimum Gasteiger partial charge on any atom is -0.387 e. The fourth-order valence-corrected chi connectivity index (χ4v) is 2.28. The van der Waals surface area contributed by atoms with Gasteiger partial charge in [0, 0.05) is 19.1 Å². The maximum Gasteiger partial charge on any atom is 0.0917 e. The van der Waals surface area contributed by atoms with Crippen LogP contribution in [0.15, 0.2) is 60.7 Å². The van der Waals surface area contributed by atoms with E-state index in [2.05, 4.69) is 43.0 Å². The predicted octanol–water partition coefficient (Wildman–Crippen LogP) is 3.63. The summed E-state index contributed by atoms with van der Waals surface area (Å²) in [6, 6.07) is 20.7. The molecule has 2 aromatic rings. The lowest BCUT2D eigenvalue weighted by Gasteiger charge is -2.29. The highest BCUT2D eigenvalue weighted by Gasteiger charge is 2.16. The molecule has 2 rings (SSSR count). The van der Waals surface area contributed by atoms with Crippen LogP contribution in [-0.2, 0) is 6.54 Å². The first-order valence-corrected chi connectivity index (χ1v) is 7.18. The Labute approximate surface area is 121 Å². The van der Waals surface area contributed by atoms with E-state index in [1.165, 1.54) is 5.56 Å². The summed E-state index contributed by atoms with van der Waals surface area (Å²) < 4.78 is 0. The Balaban J connectivity index is 2.03. The summed E-state index contributed by atoms with van der Waals surface area (Å²) in [5, 5.41) is 10.4. The van der Waals surface area contributed by atoms with Crippen LogP contribution in [0.1, 0.15) is 31.1 Å². The Hall–Kier alpha value is -1.64. The van der Waals surface area contributed by atoms with Gasteiger partial charge >= 0.3 is 0 Å². The molecule has 0 aliphatic heterocycles. The van der Waals surface area contributed by atoms with Gasteiger partial charge in [-0.3, -0.25) is 4.90 Å². The maximum absolute atomic E-state index is 10.4. The van der Waals surface area contributed by atoms with E-state index >= 15 is 0 Å². The van der Waals surface area contributed by atoms with Gasteiger partial charge in [0.05, 0.1) is 6.10 Å². The van der Waals surface area contributed by atoms with Crippen molar-refractivity contribution in [1.82, 2.24) is 4.90 Å². The third-order valence-electron chi connectivity index (χ3n) is 3.55. The van der Waals surface area contributed by atoms with Crippen molar-refractivity contribution < 1.29 is 5.11 Å². The minimum absolute atomic E-state index is 0.397. The van der Waals surface area contributed by atoms with Crippen molar-refractivity contribution in [3.63, 3.8) is 0 Å². The summed E-state index contributed by atoms with van der Waals surface area (Å²) >= 11 is 0. The zero-order chi connectivity index (χ0) is 14.4. The maximum atomic E-state index is 10.4. The van der Waals surface area contributed by atoms with Crippen molar-refractivity contribution in [2.45, 2.75) is 32.5 Å². The van der Waals surface area contributed by atoms with Gasteiger partial charge in [0.25, 0.3) is 0 Å². The van der Waals surface area contributed by atoms with Gasteiger partial charge in [-0.05, 0) is 25.0 Å². The quantitative estimate of drug-likeness (QED) is 0.865. The molecule has 0 saturated carbocycles. The molecule has 106 valence electrons. The second-order valence-electron chi connectivity index (χ2n) is 5.44. The van der Waals surface area contributed by atoms with Crippen molar-refractivity contribution in [3.05, 3.63) is 71.8 Å². The summed E-state index contributed by atoms with van der Waals surface area (Å²) in [5.74, 6) is 0. The lowest BCUT2D eigenvalue weighted by Crippen LogP contribution is -2.34. The zero-order valence-electron chi connectivity index (χ0n) is 12.2. The van der Waals surface area contributed by atoms with Gasteiger partial charge < -0.3 is 5.11 Å². The topological polar surface area (TPSA) is 23.5 Å². The van der Waals surface area contributed by atoms with Crippen molar-refractivity contribution in [2.75, 3.05) is 6.54 Å². The van der Waals surface area contributed by atoms with E-state index in [1.807, 2.05) is 36.4 Å². The summed E-state index contributed by atoms with van der Waals surface area (Å²) in [4.78, 5) is 2.30. The van der Waals surface area contributed by atoms with E-state index in [4.69, 9.17) is 0 Å². The Morgan fingerprint density at radius 1 is 0.900 bits per heavy atom. The number of hydrogen-bond donors (Lipinski definition) is 1. The smallest absolute Gasteiger partial charge is 0.0917 e. The molecule has 0 spiro atoms. The molecular weight excluding hydrogens is 246 g/mol. The van der Waals surface area contributed by atoms with Gasteiger partial charge in [-0.1, -0.05) is 60.7 Å². The molecule has 1 N–H and O–H groups in total. The summed E-state index contributed by atoms with van der Waals surface area (Å²) in [6.45, 7) is 5.85. The van der Waals surface area contributed by atoms with Crippen LogP contribution in [-0.4, -0.2) is 22.6 Å². The fourth-order valence-electron chi connectivity index (χ4n) is 2.28.